The van der Waals surface area contributed by atoms with E-state index in [2.05, 4.69) is 15.5 Å². The Bertz CT molecular complexity index is 599. The Hall–Kier alpha value is -2.31. The van der Waals surface area contributed by atoms with Crippen LogP contribution in [0.2, 0.25) is 0 Å². The molecule has 0 fully saturated rings. The van der Waals surface area contributed by atoms with Gasteiger partial charge < -0.3 is 5.32 Å². The van der Waals surface area contributed by atoms with Crippen LogP contribution in [-0.2, 0) is 0 Å². The van der Waals surface area contributed by atoms with Gasteiger partial charge in [-0.1, -0.05) is 0 Å². The Morgan fingerprint density at radius 2 is 2.05 bits per heavy atom. The summed E-state index contributed by atoms with van der Waals surface area (Å²) in [5.41, 5.74) is 0.130. The van der Waals surface area contributed by atoms with Gasteiger partial charge in [0.25, 0.3) is 5.91 Å². The molecule has 1 aromatic heterocycles. The maximum absolute atomic E-state index is 13.4. The van der Waals surface area contributed by atoms with Crippen LogP contribution in [0.4, 0.5) is 13.2 Å². The Morgan fingerprint density at radius 3 is 2.68 bits per heavy atom. The predicted octanol–water partition coefficient (Wildman–Crippen LogP) is 2.32. The number of benzene rings is 1. The number of halogens is 3. The number of hydrogen-bond donors (Lipinski definition) is 2. The van der Waals surface area contributed by atoms with Crippen molar-refractivity contribution in [2.24, 2.45) is 0 Å². The smallest absolute Gasteiger partial charge is 0.254 e. The molecule has 0 saturated carbocycles. The second-order valence-corrected chi connectivity index (χ2v) is 3.95. The molecule has 100 valence electrons. The van der Waals surface area contributed by atoms with Crippen molar-refractivity contribution in [1.82, 2.24) is 15.5 Å². The fourth-order valence-electron chi connectivity index (χ4n) is 1.56. The van der Waals surface area contributed by atoms with Crippen molar-refractivity contribution >= 4 is 5.91 Å². The van der Waals surface area contributed by atoms with Gasteiger partial charge in [-0.3, -0.25) is 9.89 Å². The predicted molar refractivity (Wildman–Crippen MR) is 60.8 cm³/mol. The Kier molecular flexibility index (Phi) is 3.55. The topological polar surface area (TPSA) is 57.8 Å². The van der Waals surface area contributed by atoms with Gasteiger partial charge in [-0.2, -0.15) is 5.10 Å². The zero-order chi connectivity index (χ0) is 14.0. The van der Waals surface area contributed by atoms with Gasteiger partial charge in [0.05, 0.1) is 17.8 Å². The van der Waals surface area contributed by atoms with Crippen LogP contribution in [0.25, 0.3) is 0 Å². The molecule has 2 aromatic rings. The summed E-state index contributed by atoms with van der Waals surface area (Å²) in [4.78, 5) is 11.8. The lowest BCUT2D eigenvalue weighted by molar-refractivity contribution is 0.0934. The number of amides is 1. The molecule has 4 nitrogen and oxygen atoms in total. The van der Waals surface area contributed by atoms with Gasteiger partial charge in [0.1, 0.15) is 0 Å². The monoisotopic (exact) mass is 269 g/mol. The minimum Gasteiger partial charge on any atom is -0.345 e. The molecule has 0 bridgehead atoms. The number of nitrogens with zero attached hydrogens (tertiary/aromatic N) is 1. The number of aromatic nitrogens is 2. The van der Waals surface area contributed by atoms with Crippen molar-refractivity contribution in [3.63, 3.8) is 0 Å². The molecule has 7 heteroatoms. The van der Waals surface area contributed by atoms with Crippen molar-refractivity contribution < 1.29 is 18.0 Å². The van der Waals surface area contributed by atoms with E-state index in [0.29, 0.717) is 11.6 Å². The van der Waals surface area contributed by atoms with E-state index < -0.39 is 35.0 Å². The minimum atomic E-state index is -1.66. The maximum Gasteiger partial charge on any atom is 0.254 e. The van der Waals surface area contributed by atoms with Gasteiger partial charge in [-0.05, 0) is 19.1 Å². The van der Waals surface area contributed by atoms with E-state index in [9.17, 15) is 18.0 Å². The first-order chi connectivity index (χ1) is 9.00. The third kappa shape index (κ3) is 2.59. The fraction of sp³-hybridized carbons (Fsp3) is 0.167. The first-order valence-corrected chi connectivity index (χ1v) is 5.43. The third-order valence-electron chi connectivity index (χ3n) is 2.65. The second-order valence-electron chi connectivity index (χ2n) is 3.95. The van der Waals surface area contributed by atoms with Crippen LogP contribution in [0.3, 0.4) is 0 Å². The molecule has 1 heterocycles. The van der Waals surface area contributed by atoms with Crippen molar-refractivity contribution in [2.45, 2.75) is 13.0 Å². The molecule has 0 aliphatic rings. The molecule has 1 amide bonds. The summed E-state index contributed by atoms with van der Waals surface area (Å²) < 4.78 is 39.2. The van der Waals surface area contributed by atoms with Gasteiger partial charge in [-0.15, -0.1) is 0 Å². The highest BCUT2D eigenvalue weighted by Gasteiger charge is 2.20. The first kappa shape index (κ1) is 13.1. The molecular formula is C12H10F3N3O. The standard InChI is InChI=1S/C12H10F3N3O/c1-6(7-4-16-17-5-7)18-12(19)8-2-3-9(13)11(15)10(8)14/h2-6H,1H3,(H,16,17)(H,18,19). The molecule has 0 aliphatic carbocycles. The normalized spacial score (nSPS) is 12.2. The van der Waals surface area contributed by atoms with Crippen LogP contribution in [0.1, 0.15) is 28.9 Å². The van der Waals surface area contributed by atoms with E-state index in [1.54, 1.807) is 13.1 Å². The number of aromatic amines is 1. The largest absolute Gasteiger partial charge is 0.345 e. The lowest BCUT2D eigenvalue weighted by atomic mass is 10.1. The van der Waals surface area contributed by atoms with E-state index in [1.165, 1.54) is 6.20 Å². The van der Waals surface area contributed by atoms with Crippen molar-refractivity contribution in [3.8, 4) is 0 Å². The molecule has 0 spiro atoms. The third-order valence-corrected chi connectivity index (χ3v) is 2.65. The molecule has 0 saturated heterocycles. The molecule has 1 unspecified atom stereocenters. The van der Waals surface area contributed by atoms with Gasteiger partial charge in [-0.25, -0.2) is 13.2 Å². The van der Waals surface area contributed by atoms with Crippen LogP contribution in [-0.4, -0.2) is 16.1 Å². The summed E-state index contributed by atoms with van der Waals surface area (Å²) >= 11 is 0. The van der Waals surface area contributed by atoms with Crippen LogP contribution in [0, 0.1) is 17.5 Å². The van der Waals surface area contributed by atoms with Crippen LogP contribution in [0.5, 0.6) is 0 Å². The van der Waals surface area contributed by atoms with Crippen molar-refractivity contribution in [1.29, 1.82) is 0 Å². The van der Waals surface area contributed by atoms with Crippen LogP contribution in [0.15, 0.2) is 24.5 Å². The molecule has 19 heavy (non-hydrogen) atoms. The molecule has 0 aliphatic heterocycles. The number of nitrogens with one attached hydrogen (secondary N) is 2. The number of carbonyl (C=O) groups is 1. The van der Waals surface area contributed by atoms with Crippen LogP contribution < -0.4 is 5.32 Å². The van der Waals surface area contributed by atoms with E-state index in [1.807, 2.05) is 0 Å². The number of H-pyrrole nitrogens is 1. The van der Waals surface area contributed by atoms with Crippen molar-refractivity contribution in [2.75, 3.05) is 0 Å². The lowest BCUT2D eigenvalue weighted by Crippen LogP contribution is -2.27. The molecule has 2 N–H and O–H groups in total. The first-order valence-electron chi connectivity index (χ1n) is 5.43. The summed E-state index contributed by atoms with van der Waals surface area (Å²) in [6, 6.07) is 1.15. The molecule has 1 aromatic carbocycles. The van der Waals surface area contributed by atoms with Gasteiger partial charge >= 0.3 is 0 Å². The summed E-state index contributed by atoms with van der Waals surface area (Å²) in [6.07, 6.45) is 3.05. The summed E-state index contributed by atoms with van der Waals surface area (Å²) in [6.45, 7) is 1.65. The molecule has 2 rings (SSSR count). The highest BCUT2D eigenvalue weighted by molar-refractivity contribution is 5.94. The lowest BCUT2D eigenvalue weighted by Gasteiger charge is -2.12. The Morgan fingerprint density at radius 1 is 1.32 bits per heavy atom. The zero-order valence-corrected chi connectivity index (χ0v) is 9.88. The molecule has 1 atom stereocenters. The number of carbonyl (C=O) groups excluding carboxylic acids is 1. The Labute approximate surface area is 106 Å². The summed E-state index contributed by atoms with van der Waals surface area (Å²) in [5.74, 6) is -5.33. The van der Waals surface area contributed by atoms with E-state index in [-0.39, 0.29) is 0 Å². The van der Waals surface area contributed by atoms with Crippen LogP contribution >= 0.6 is 0 Å². The Balaban J connectivity index is 2.19. The van der Waals surface area contributed by atoms with Crippen molar-refractivity contribution in [3.05, 3.63) is 53.1 Å². The van der Waals surface area contributed by atoms with E-state index in [0.717, 1.165) is 6.07 Å². The summed E-state index contributed by atoms with van der Waals surface area (Å²) in [5, 5.41) is 8.73. The van der Waals surface area contributed by atoms with Gasteiger partial charge in [0.15, 0.2) is 17.5 Å². The van der Waals surface area contributed by atoms with E-state index >= 15 is 0 Å². The average Bonchev–Trinajstić information content (AvgIpc) is 2.89. The molecule has 0 radical (unpaired) electrons. The number of rotatable bonds is 3. The van der Waals surface area contributed by atoms with Gasteiger partial charge in [0.2, 0.25) is 0 Å². The van der Waals surface area contributed by atoms with E-state index in [4.69, 9.17) is 0 Å². The average molecular weight is 269 g/mol. The highest BCUT2D eigenvalue weighted by atomic mass is 19.2. The second kappa shape index (κ2) is 5.13. The maximum atomic E-state index is 13.4. The fourth-order valence-corrected chi connectivity index (χ4v) is 1.56. The quantitative estimate of drug-likeness (QED) is 0.840. The zero-order valence-electron chi connectivity index (χ0n) is 9.88. The number of hydrogen-bond acceptors (Lipinski definition) is 2. The minimum absolute atomic E-state index is 0.446. The van der Waals surface area contributed by atoms with Gasteiger partial charge in [0, 0.05) is 11.8 Å². The SMILES string of the molecule is CC(NC(=O)c1ccc(F)c(F)c1F)c1cn[nH]c1. The summed E-state index contributed by atoms with van der Waals surface area (Å²) in [7, 11) is 0. The molecular weight excluding hydrogens is 259 g/mol. The highest BCUT2D eigenvalue weighted by Crippen LogP contribution is 2.17.